The number of unbranched alkanes of at least 4 members (excludes halogenated alkanes) is 1. The molecular formula is C31H29F5O4. The minimum Gasteiger partial charge on any atom is -0.491 e. The van der Waals surface area contributed by atoms with Crippen LogP contribution >= 0.6 is 0 Å². The van der Waals surface area contributed by atoms with E-state index >= 15 is 0 Å². The Hall–Kier alpha value is -3.88. The maximum absolute atomic E-state index is 14.8. The van der Waals surface area contributed by atoms with Crippen LogP contribution in [0.5, 0.6) is 17.2 Å². The largest absolute Gasteiger partial charge is 0.491 e. The summed E-state index contributed by atoms with van der Waals surface area (Å²) in [6.45, 7) is 4.04. The van der Waals surface area contributed by atoms with Gasteiger partial charge in [0.1, 0.15) is 0 Å². The van der Waals surface area contributed by atoms with Crippen LogP contribution in [0.4, 0.5) is 22.0 Å². The molecule has 0 amide bonds. The molecule has 1 unspecified atom stereocenters. The number of carbonyl (C=O) groups is 1. The van der Waals surface area contributed by atoms with Crippen molar-refractivity contribution in [3.05, 3.63) is 83.2 Å². The summed E-state index contributed by atoms with van der Waals surface area (Å²) in [5.41, 5.74) is 0.539. The summed E-state index contributed by atoms with van der Waals surface area (Å²) in [6, 6.07) is 8.82. The van der Waals surface area contributed by atoms with Crippen LogP contribution in [0, 0.1) is 35.0 Å². The molecule has 0 aliphatic heterocycles. The summed E-state index contributed by atoms with van der Waals surface area (Å²) in [4.78, 5) is 12.7. The van der Waals surface area contributed by atoms with E-state index in [1.54, 1.807) is 13.0 Å². The molecule has 212 valence electrons. The van der Waals surface area contributed by atoms with E-state index in [1.165, 1.54) is 36.4 Å². The number of benzene rings is 3. The quantitative estimate of drug-likeness (QED) is 0.108. The van der Waals surface area contributed by atoms with E-state index in [9.17, 15) is 26.7 Å². The van der Waals surface area contributed by atoms with Crippen molar-refractivity contribution in [1.82, 2.24) is 0 Å². The van der Waals surface area contributed by atoms with Crippen LogP contribution in [0.15, 0.2) is 48.5 Å². The Morgan fingerprint density at radius 3 is 2.10 bits per heavy atom. The van der Waals surface area contributed by atoms with Crippen molar-refractivity contribution in [3.63, 3.8) is 0 Å². The minimum atomic E-state index is -1.19. The predicted molar refractivity (Wildman–Crippen MR) is 141 cm³/mol. The van der Waals surface area contributed by atoms with Gasteiger partial charge in [-0.15, -0.1) is 0 Å². The van der Waals surface area contributed by atoms with Gasteiger partial charge < -0.3 is 14.2 Å². The van der Waals surface area contributed by atoms with Crippen molar-refractivity contribution in [2.45, 2.75) is 46.0 Å². The van der Waals surface area contributed by atoms with Gasteiger partial charge in [-0.2, -0.15) is 8.78 Å². The zero-order valence-corrected chi connectivity index (χ0v) is 22.2. The molecule has 0 aromatic heterocycles. The molecule has 0 N–H and O–H groups in total. The fraction of sp³-hybridized carbons (Fsp3) is 0.323. The van der Waals surface area contributed by atoms with E-state index in [2.05, 4.69) is 0 Å². The topological polar surface area (TPSA) is 44.8 Å². The number of ether oxygens (including phenoxy) is 3. The predicted octanol–water partition coefficient (Wildman–Crippen LogP) is 8.42. The lowest BCUT2D eigenvalue weighted by Gasteiger charge is -2.21. The van der Waals surface area contributed by atoms with Gasteiger partial charge in [0, 0.05) is 11.1 Å². The summed E-state index contributed by atoms with van der Waals surface area (Å²) < 4.78 is 88.3. The molecule has 0 fully saturated rings. The third kappa shape index (κ3) is 6.29. The Morgan fingerprint density at radius 2 is 1.48 bits per heavy atom. The standard InChI is InChI=1S/C31H29F5O4/c1-3-5-16-39-26-15-11-21(27(33)30(26)36)18-6-8-19(9-7-18)31(37)40-24-13-10-20(17-23(24)32)22-12-14-25(38-4-2)29(35)28(22)34/h6,10-15,17,19H,3-5,7-9,16H2,1-2H3. The first-order valence-corrected chi connectivity index (χ1v) is 13.2. The fourth-order valence-electron chi connectivity index (χ4n) is 4.48. The summed E-state index contributed by atoms with van der Waals surface area (Å²) in [7, 11) is 0. The van der Waals surface area contributed by atoms with E-state index in [4.69, 9.17) is 14.2 Å². The first-order chi connectivity index (χ1) is 19.2. The second-order valence-corrected chi connectivity index (χ2v) is 9.38. The molecule has 0 saturated carbocycles. The van der Waals surface area contributed by atoms with E-state index < -0.39 is 41.0 Å². The Labute approximate surface area is 229 Å². The first kappa shape index (κ1) is 29.1. The lowest BCUT2D eigenvalue weighted by Crippen LogP contribution is -2.22. The molecular weight excluding hydrogens is 531 g/mol. The lowest BCUT2D eigenvalue weighted by atomic mass is 9.86. The van der Waals surface area contributed by atoms with E-state index in [1.807, 2.05) is 6.92 Å². The highest BCUT2D eigenvalue weighted by atomic mass is 19.2. The van der Waals surface area contributed by atoms with Crippen molar-refractivity contribution in [2.24, 2.45) is 5.92 Å². The third-order valence-corrected chi connectivity index (χ3v) is 6.69. The number of esters is 1. The van der Waals surface area contributed by atoms with E-state index in [-0.39, 0.29) is 59.8 Å². The molecule has 1 aliphatic rings. The highest BCUT2D eigenvalue weighted by molar-refractivity contribution is 5.78. The Kier molecular flexibility index (Phi) is 9.45. The summed E-state index contributed by atoms with van der Waals surface area (Å²) in [5, 5.41) is 0. The molecule has 4 nitrogen and oxygen atoms in total. The van der Waals surface area contributed by atoms with Crippen LogP contribution in [-0.4, -0.2) is 19.2 Å². The van der Waals surface area contributed by atoms with E-state index in [0.717, 1.165) is 18.9 Å². The number of hydrogen-bond acceptors (Lipinski definition) is 4. The fourth-order valence-corrected chi connectivity index (χ4v) is 4.48. The molecule has 4 rings (SSSR count). The lowest BCUT2D eigenvalue weighted by molar-refractivity contribution is -0.139. The third-order valence-electron chi connectivity index (χ3n) is 6.69. The zero-order valence-electron chi connectivity index (χ0n) is 22.2. The molecule has 0 heterocycles. The Balaban J connectivity index is 1.42. The van der Waals surface area contributed by atoms with Crippen molar-refractivity contribution >= 4 is 11.5 Å². The van der Waals surface area contributed by atoms with Gasteiger partial charge in [-0.05, 0) is 80.1 Å². The number of allylic oxidation sites excluding steroid dienone is 2. The van der Waals surface area contributed by atoms with Gasteiger partial charge in [0.25, 0.3) is 0 Å². The van der Waals surface area contributed by atoms with Gasteiger partial charge in [-0.1, -0.05) is 25.5 Å². The average Bonchev–Trinajstić information content (AvgIpc) is 2.95. The van der Waals surface area contributed by atoms with Gasteiger partial charge in [0.2, 0.25) is 11.6 Å². The monoisotopic (exact) mass is 560 g/mol. The minimum absolute atomic E-state index is 0.0537. The summed E-state index contributed by atoms with van der Waals surface area (Å²) in [5.74, 6) is -7.41. The molecule has 1 atom stereocenters. The van der Waals surface area contributed by atoms with Crippen LogP contribution in [0.1, 0.15) is 51.5 Å². The van der Waals surface area contributed by atoms with Gasteiger partial charge in [0.05, 0.1) is 19.1 Å². The van der Waals surface area contributed by atoms with Crippen molar-refractivity contribution in [1.29, 1.82) is 0 Å². The van der Waals surface area contributed by atoms with Crippen LogP contribution in [0.3, 0.4) is 0 Å². The molecule has 1 aliphatic carbocycles. The molecule has 0 bridgehead atoms. The van der Waals surface area contributed by atoms with Crippen molar-refractivity contribution in [3.8, 4) is 28.4 Å². The van der Waals surface area contributed by atoms with E-state index in [0.29, 0.717) is 12.2 Å². The first-order valence-electron chi connectivity index (χ1n) is 13.2. The van der Waals surface area contributed by atoms with Gasteiger partial charge in [-0.3, -0.25) is 4.79 Å². The smallest absolute Gasteiger partial charge is 0.314 e. The number of rotatable bonds is 10. The number of hydrogen-bond donors (Lipinski definition) is 0. The van der Waals surface area contributed by atoms with Crippen LogP contribution in [0.2, 0.25) is 0 Å². The molecule has 0 radical (unpaired) electrons. The molecule has 0 saturated heterocycles. The molecule has 0 spiro atoms. The normalized spacial score (nSPS) is 15.0. The van der Waals surface area contributed by atoms with Crippen molar-refractivity contribution in [2.75, 3.05) is 13.2 Å². The number of carbonyl (C=O) groups excluding carboxylic acids is 1. The SMILES string of the molecule is CCCCOc1ccc(C2=CCC(C(=O)Oc3ccc(-c4ccc(OCC)c(F)c4F)cc3F)CC2)c(F)c1F. The molecule has 3 aromatic carbocycles. The van der Waals surface area contributed by atoms with Crippen LogP contribution < -0.4 is 14.2 Å². The maximum atomic E-state index is 14.8. The zero-order chi connectivity index (χ0) is 28.8. The number of halogens is 5. The van der Waals surface area contributed by atoms with Crippen LogP contribution in [-0.2, 0) is 4.79 Å². The Morgan fingerprint density at radius 1 is 0.825 bits per heavy atom. The maximum Gasteiger partial charge on any atom is 0.314 e. The van der Waals surface area contributed by atoms with Crippen molar-refractivity contribution < 1.29 is 41.0 Å². The van der Waals surface area contributed by atoms with Crippen LogP contribution in [0.25, 0.3) is 16.7 Å². The molecule has 40 heavy (non-hydrogen) atoms. The second kappa shape index (κ2) is 13.0. The van der Waals surface area contributed by atoms with Gasteiger partial charge in [-0.25, -0.2) is 13.2 Å². The summed E-state index contributed by atoms with van der Waals surface area (Å²) in [6.07, 6.45) is 4.00. The highest BCUT2D eigenvalue weighted by Gasteiger charge is 2.27. The van der Waals surface area contributed by atoms with Gasteiger partial charge >= 0.3 is 5.97 Å². The Bertz CT molecular complexity index is 1420. The second-order valence-electron chi connectivity index (χ2n) is 9.38. The summed E-state index contributed by atoms with van der Waals surface area (Å²) >= 11 is 0. The molecule has 9 heteroatoms. The highest BCUT2D eigenvalue weighted by Crippen LogP contribution is 2.36. The average molecular weight is 561 g/mol. The van der Waals surface area contributed by atoms with Gasteiger partial charge in [0.15, 0.2) is 34.7 Å². The molecule has 3 aromatic rings.